The number of rotatable bonds is 6. The number of benzene rings is 3. The maximum Gasteiger partial charge on any atom is 0.323 e. The second-order valence-electron chi connectivity index (χ2n) is 7.51. The molecule has 0 spiro atoms. The fourth-order valence-corrected chi connectivity index (χ4v) is 4.32. The summed E-state index contributed by atoms with van der Waals surface area (Å²) in [6.45, 7) is 1.81. The number of carbonyl (C=O) groups excluding carboxylic acids is 3. The zero-order valence-corrected chi connectivity index (χ0v) is 17.2. The highest BCUT2D eigenvalue weighted by Gasteiger charge is 2.65. The number of nitrogens with zero attached hydrogens (tertiary/aromatic N) is 1. The zero-order valence-electron chi connectivity index (χ0n) is 17.2. The molecule has 4 rings (SSSR count). The lowest BCUT2D eigenvalue weighted by Crippen LogP contribution is -2.45. The molecular weight excluding hydrogens is 390 g/mol. The van der Waals surface area contributed by atoms with Crippen LogP contribution in [-0.2, 0) is 25.5 Å². The van der Waals surface area contributed by atoms with Gasteiger partial charge in [0.25, 0.3) is 5.91 Å². The lowest BCUT2D eigenvalue weighted by Gasteiger charge is -2.35. The highest BCUT2D eigenvalue weighted by Crippen LogP contribution is 2.50. The monoisotopic (exact) mass is 413 g/mol. The highest BCUT2D eigenvalue weighted by atomic mass is 16.5. The van der Waals surface area contributed by atoms with Crippen molar-refractivity contribution in [2.75, 3.05) is 11.5 Å². The lowest BCUT2D eigenvalue weighted by atomic mass is 9.71. The van der Waals surface area contributed by atoms with Gasteiger partial charge in [-0.15, -0.1) is 0 Å². The van der Waals surface area contributed by atoms with Crippen molar-refractivity contribution in [1.82, 2.24) is 0 Å². The predicted molar refractivity (Wildman–Crippen MR) is 117 cm³/mol. The summed E-state index contributed by atoms with van der Waals surface area (Å²) in [5.74, 6) is -2.12. The summed E-state index contributed by atoms with van der Waals surface area (Å²) < 4.78 is 5.42. The van der Waals surface area contributed by atoms with E-state index in [1.165, 1.54) is 4.90 Å². The van der Waals surface area contributed by atoms with Gasteiger partial charge in [0.15, 0.2) is 5.41 Å². The molecule has 0 aromatic heterocycles. The van der Waals surface area contributed by atoms with Crippen molar-refractivity contribution in [3.8, 4) is 0 Å². The standard InChI is InChI=1S/C26H23NO4/c1-2-31-25(30)26(18-19-12-6-3-7-13-19)22(20-14-8-4-9-15-20)27(24(29)23(26)28)21-16-10-5-11-17-21/h3-17,22H,2,18H2,1H3/t22-,26-/m0/s1. The molecule has 0 N–H and O–H groups in total. The maximum atomic E-state index is 13.6. The molecule has 0 aliphatic carbocycles. The molecule has 31 heavy (non-hydrogen) atoms. The normalized spacial score (nSPS) is 20.7. The average molecular weight is 413 g/mol. The Balaban J connectivity index is 1.96. The molecule has 0 saturated carbocycles. The van der Waals surface area contributed by atoms with Crippen LogP contribution in [0.25, 0.3) is 0 Å². The first-order valence-electron chi connectivity index (χ1n) is 10.3. The first kappa shape index (κ1) is 20.5. The molecule has 1 heterocycles. The molecule has 0 radical (unpaired) electrons. The van der Waals surface area contributed by atoms with E-state index in [4.69, 9.17) is 4.74 Å². The minimum absolute atomic E-state index is 0.0696. The van der Waals surface area contributed by atoms with E-state index < -0.39 is 29.1 Å². The summed E-state index contributed by atoms with van der Waals surface area (Å²) >= 11 is 0. The summed E-state index contributed by atoms with van der Waals surface area (Å²) in [5.41, 5.74) is 0.363. The fourth-order valence-electron chi connectivity index (χ4n) is 4.32. The Kier molecular flexibility index (Phi) is 5.67. The molecule has 1 fully saturated rings. The number of anilines is 1. The SMILES string of the molecule is CCOC(=O)[C@]1(Cc2ccccc2)C(=O)C(=O)N(c2ccccc2)[C@H]1c1ccccc1. The van der Waals surface area contributed by atoms with Crippen LogP contribution in [0, 0.1) is 5.41 Å². The maximum absolute atomic E-state index is 13.6. The van der Waals surface area contributed by atoms with Crippen LogP contribution in [0.5, 0.6) is 0 Å². The van der Waals surface area contributed by atoms with E-state index in [-0.39, 0.29) is 13.0 Å². The van der Waals surface area contributed by atoms with E-state index in [0.717, 1.165) is 5.56 Å². The minimum atomic E-state index is -1.69. The molecule has 1 aliphatic rings. The third-order valence-electron chi connectivity index (χ3n) is 5.66. The van der Waals surface area contributed by atoms with Crippen LogP contribution in [0.15, 0.2) is 91.0 Å². The highest BCUT2D eigenvalue weighted by molar-refractivity contribution is 6.49. The molecule has 5 heteroatoms. The van der Waals surface area contributed by atoms with Crippen LogP contribution < -0.4 is 4.90 Å². The molecular formula is C26H23NO4. The number of Topliss-reactive ketones (excluding diaryl/α,β-unsaturated/α-hetero) is 1. The largest absolute Gasteiger partial charge is 0.465 e. The van der Waals surface area contributed by atoms with Gasteiger partial charge in [-0.25, -0.2) is 0 Å². The van der Waals surface area contributed by atoms with Gasteiger partial charge in [-0.1, -0.05) is 78.9 Å². The molecule has 1 aliphatic heterocycles. The summed E-state index contributed by atoms with van der Waals surface area (Å²) in [6.07, 6.45) is 0.0696. The molecule has 1 amide bonds. The van der Waals surface area contributed by atoms with Gasteiger partial charge < -0.3 is 4.74 Å². The Morgan fingerprint density at radius 2 is 1.42 bits per heavy atom. The Bertz CT molecular complexity index is 1080. The van der Waals surface area contributed by atoms with E-state index in [2.05, 4.69) is 0 Å². The summed E-state index contributed by atoms with van der Waals surface area (Å²) in [6, 6.07) is 26.6. The molecule has 3 aromatic rings. The van der Waals surface area contributed by atoms with Crippen molar-refractivity contribution in [3.63, 3.8) is 0 Å². The van der Waals surface area contributed by atoms with E-state index in [9.17, 15) is 14.4 Å². The van der Waals surface area contributed by atoms with E-state index >= 15 is 0 Å². The fraction of sp³-hybridized carbons (Fsp3) is 0.192. The van der Waals surface area contributed by atoms with Crippen LogP contribution in [0.4, 0.5) is 5.69 Å². The smallest absolute Gasteiger partial charge is 0.323 e. The quantitative estimate of drug-likeness (QED) is 0.346. The van der Waals surface area contributed by atoms with Gasteiger partial charge in [-0.3, -0.25) is 19.3 Å². The number of hydrogen-bond acceptors (Lipinski definition) is 4. The summed E-state index contributed by atoms with van der Waals surface area (Å²) in [5, 5.41) is 0. The number of para-hydroxylation sites is 1. The molecule has 5 nitrogen and oxygen atoms in total. The van der Waals surface area contributed by atoms with Crippen LogP contribution >= 0.6 is 0 Å². The van der Waals surface area contributed by atoms with Crippen LogP contribution in [-0.4, -0.2) is 24.3 Å². The topological polar surface area (TPSA) is 63.7 Å². The molecule has 3 aromatic carbocycles. The third-order valence-corrected chi connectivity index (χ3v) is 5.66. The van der Waals surface area contributed by atoms with E-state index in [1.54, 1.807) is 31.2 Å². The molecule has 156 valence electrons. The van der Waals surface area contributed by atoms with Crippen LogP contribution in [0.1, 0.15) is 24.1 Å². The van der Waals surface area contributed by atoms with Crippen molar-refractivity contribution in [3.05, 3.63) is 102 Å². The minimum Gasteiger partial charge on any atom is -0.465 e. The Labute approximate surface area is 181 Å². The van der Waals surface area contributed by atoms with Crippen molar-refractivity contribution >= 4 is 23.3 Å². The summed E-state index contributed by atoms with van der Waals surface area (Å²) in [7, 11) is 0. The molecule has 2 atom stereocenters. The van der Waals surface area contributed by atoms with Crippen LogP contribution in [0.3, 0.4) is 0 Å². The van der Waals surface area contributed by atoms with E-state index in [0.29, 0.717) is 11.3 Å². The van der Waals surface area contributed by atoms with Gasteiger partial charge in [0, 0.05) is 5.69 Å². The first-order chi connectivity index (χ1) is 15.1. The van der Waals surface area contributed by atoms with Gasteiger partial charge >= 0.3 is 5.97 Å². The number of ketones is 1. The average Bonchev–Trinajstić information content (AvgIpc) is 3.04. The van der Waals surface area contributed by atoms with Gasteiger partial charge in [0.2, 0.25) is 5.78 Å². The molecule has 1 saturated heterocycles. The second kappa shape index (κ2) is 8.56. The number of carbonyl (C=O) groups is 3. The van der Waals surface area contributed by atoms with Crippen molar-refractivity contribution < 1.29 is 19.1 Å². The van der Waals surface area contributed by atoms with Gasteiger partial charge in [-0.2, -0.15) is 0 Å². The van der Waals surface area contributed by atoms with E-state index in [1.807, 2.05) is 66.7 Å². The number of amides is 1. The molecule has 0 unspecified atom stereocenters. The van der Waals surface area contributed by atoms with Crippen LogP contribution in [0.2, 0.25) is 0 Å². The zero-order chi connectivity index (χ0) is 21.8. The Morgan fingerprint density at radius 1 is 0.871 bits per heavy atom. The number of ether oxygens (including phenoxy) is 1. The van der Waals surface area contributed by atoms with Crippen molar-refractivity contribution in [2.24, 2.45) is 5.41 Å². The Hall–Kier alpha value is -3.73. The number of hydrogen-bond donors (Lipinski definition) is 0. The Morgan fingerprint density at radius 3 is 2.00 bits per heavy atom. The summed E-state index contributed by atoms with van der Waals surface area (Å²) in [4.78, 5) is 41.9. The lowest BCUT2D eigenvalue weighted by molar-refractivity contribution is -0.161. The third kappa shape index (κ3) is 3.52. The first-order valence-corrected chi connectivity index (χ1v) is 10.3. The number of esters is 1. The van der Waals surface area contributed by atoms with Gasteiger partial charge in [-0.05, 0) is 36.6 Å². The van der Waals surface area contributed by atoms with Gasteiger partial charge in [0.1, 0.15) is 0 Å². The predicted octanol–water partition coefficient (Wildman–Crippen LogP) is 4.14. The molecule has 0 bridgehead atoms. The van der Waals surface area contributed by atoms with Crippen molar-refractivity contribution in [1.29, 1.82) is 0 Å². The van der Waals surface area contributed by atoms with Crippen molar-refractivity contribution in [2.45, 2.75) is 19.4 Å². The second-order valence-corrected chi connectivity index (χ2v) is 7.51. The van der Waals surface area contributed by atoms with Gasteiger partial charge in [0.05, 0.1) is 12.6 Å².